The predicted molar refractivity (Wildman–Crippen MR) is 80.8 cm³/mol. The highest BCUT2D eigenvalue weighted by molar-refractivity contribution is 6.48. The van der Waals surface area contributed by atoms with Crippen LogP contribution in [-0.2, 0) is 0 Å². The normalized spacial score (nSPS) is 19.8. The van der Waals surface area contributed by atoms with E-state index in [0.29, 0.717) is 15.1 Å². The van der Waals surface area contributed by atoms with E-state index < -0.39 is 0 Å². The third kappa shape index (κ3) is 2.69. The second kappa shape index (κ2) is 5.56. The van der Waals surface area contributed by atoms with Gasteiger partial charge in [-0.05, 0) is 24.1 Å². The molecule has 1 aliphatic carbocycles. The molecule has 0 saturated heterocycles. The van der Waals surface area contributed by atoms with Crippen molar-refractivity contribution in [2.45, 2.75) is 12.3 Å². The number of nitrogens with zero attached hydrogens (tertiary/aromatic N) is 1. The summed E-state index contributed by atoms with van der Waals surface area (Å²) in [5, 5.41) is 1.63. The summed E-state index contributed by atoms with van der Waals surface area (Å²) in [4.78, 5) is 2.06. The van der Waals surface area contributed by atoms with Crippen molar-refractivity contribution in [3.63, 3.8) is 0 Å². The molecule has 0 heterocycles. The van der Waals surface area contributed by atoms with E-state index in [2.05, 4.69) is 23.1 Å². The van der Waals surface area contributed by atoms with Crippen molar-refractivity contribution in [1.29, 1.82) is 0 Å². The minimum absolute atomic E-state index is 0.0987. The molecule has 0 bridgehead atoms. The monoisotopic (exact) mass is 301 g/mol. The predicted octanol–water partition coefficient (Wildman–Crippen LogP) is 5.05. The van der Waals surface area contributed by atoms with Gasteiger partial charge in [0.2, 0.25) is 0 Å². The van der Waals surface area contributed by atoms with E-state index in [-0.39, 0.29) is 5.92 Å². The summed E-state index contributed by atoms with van der Waals surface area (Å²) >= 11 is 18.4. The molecular weight excluding hydrogens is 289 g/mol. The topological polar surface area (TPSA) is 3.24 Å². The van der Waals surface area contributed by atoms with Gasteiger partial charge in [-0.15, -0.1) is 0 Å². The molecule has 96 valence electrons. The van der Waals surface area contributed by atoms with Crippen molar-refractivity contribution in [3.8, 4) is 0 Å². The smallest absolute Gasteiger partial charge is 0.0740 e. The Balaban J connectivity index is 2.37. The maximum Gasteiger partial charge on any atom is 0.0740 e. The second-order valence-electron chi connectivity index (χ2n) is 4.49. The van der Waals surface area contributed by atoms with Crippen molar-refractivity contribution in [3.05, 3.63) is 51.0 Å². The Morgan fingerprint density at radius 2 is 1.89 bits per heavy atom. The first-order valence-electron chi connectivity index (χ1n) is 5.69. The van der Waals surface area contributed by atoms with Gasteiger partial charge in [0.05, 0.1) is 10.1 Å². The van der Waals surface area contributed by atoms with E-state index in [1.54, 1.807) is 0 Å². The van der Waals surface area contributed by atoms with Gasteiger partial charge in [-0.3, -0.25) is 0 Å². The lowest BCUT2D eigenvalue weighted by Crippen LogP contribution is -2.10. The lowest BCUT2D eigenvalue weighted by molar-refractivity contribution is 0.831. The third-order valence-electron chi connectivity index (χ3n) is 3.05. The molecule has 0 radical (unpaired) electrons. The first kappa shape index (κ1) is 13.8. The van der Waals surface area contributed by atoms with Crippen LogP contribution in [0.4, 0.5) is 5.69 Å². The van der Waals surface area contributed by atoms with Crippen LogP contribution in [0, 0.1) is 0 Å². The number of halogens is 3. The van der Waals surface area contributed by atoms with E-state index in [4.69, 9.17) is 34.8 Å². The summed E-state index contributed by atoms with van der Waals surface area (Å²) in [6, 6.07) is 8.29. The van der Waals surface area contributed by atoms with Crippen molar-refractivity contribution in [1.82, 2.24) is 0 Å². The first-order valence-corrected chi connectivity index (χ1v) is 6.82. The van der Waals surface area contributed by atoms with Gasteiger partial charge < -0.3 is 4.90 Å². The Hall–Kier alpha value is -0.630. The molecule has 0 N–H and O–H groups in total. The molecule has 0 aliphatic heterocycles. The molecule has 4 heteroatoms. The summed E-state index contributed by atoms with van der Waals surface area (Å²) in [5.41, 5.74) is 2.30. The van der Waals surface area contributed by atoms with Crippen molar-refractivity contribution < 1.29 is 0 Å². The maximum atomic E-state index is 6.30. The van der Waals surface area contributed by atoms with Crippen LogP contribution in [0.3, 0.4) is 0 Å². The lowest BCUT2D eigenvalue weighted by Gasteiger charge is -2.22. The fourth-order valence-corrected chi connectivity index (χ4v) is 2.75. The van der Waals surface area contributed by atoms with Crippen molar-refractivity contribution >= 4 is 40.5 Å². The summed E-state index contributed by atoms with van der Waals surface area (Å²) in [6.07, 6.45) is 2.70. The van der Waals surface area contributed by atoms with Gasteiger partial charge in [0.1, 0.15) is 0 Å². The molecule has 0 fully saturated rings. The SMILES string of the molecule is CN(C)c1cccc(C2CC=C(Cl)C(Cl)=C2Cl)c1. The molecular formula is C14H14Cl3N. The molecule has 2 rings (SSSR count). The van der Waals surface area contributed by atoms with Gasteiger partial charge in [0.15, 0.2) is 0 Å². The lowest BCUT2D eigenvalue weighted by atomic mass is 9.91. The van der Waals surface area contributed by atoms with Gasteiger partial charge in [-0.2, -0.15) is 0 Å². The van der Waals surface area contributed by atoms with Crippen molar-refractivity contribution in [2.24, 2.45) is 0 Å². The van der Waals surface area contributed by atoms with Gasteiger partial charge >= 0.3 is 0 Å². The van der Waals surface area contributed by atoms with E-state index in [1.165, 1.54) is 0 Å². The molecule has 1 unspecified atom stereocenters. The zero-order valence-corrected chi connectivity index (χ0v) is 12.5. The van der Waals surface area contributed by atoms with Crippen LogP contribution >= 0.6 is 34.8 Å². The minimum Gasteiger partial charge on any atom is -0.378 e. The Morgan fingerprint density at radius 1 is 1.17 bits per heavy atom. The maximum absolute atomic E-state index is 6.30. The van der Waals surface area contributed by atoms with Crippen LogP contribution in [0.5, 0.6) is 0 Å². The fraction of sp³-hybridized carbons (Fsp3) is 0.286. The zero-order chi connectivity index (χ0) is 13.3. The van der Waals surface area contributed by atoms with Crippen LogP contribution in [0.1, 0.15) is 17.9 Å². The summed E-state index contributed by atoms with van der Waals surface area (Å²) < 4.78 is 0. The molecule has 0 aromatic heterocycles. The molecule has 1 nitrogen and oxygen atoms in total. The number of allylic oxidation sites excluding steroid dienone is 4. The van der Waals surface area contributed by atoms with E-state index >= 15 is 0 Å². The van der Waals surface area contributed by atoms with Crippen LogP contribution in [-0.4, -0.2) is 14.1 Å². The highest BCUT2D eigenvalue weighted by Gasteiger charge is 2.23. The highest BCUT2D eigenvalue weighted by Crippen LogP contribution is 2.42. The van der Waals surface area contributed by atoms with Crippen LogP contribution in [0.25, 0.3) is 0 Å². The average Bonchev–Trinajstić information content (AvgIpc) is 2.36. The average molecular weight is 303 g/mol. The molecule has 0 amide bonds. The third-order valence-corrected chi connectivity index (χ3v) is 4.44. The Labute approximate surface area is 123 Å². The van der Waals surface area contributed by atoms with E-state index in [0.717, 1.165) is 17.7 Å². The number of anilines is 1. The van der Waals surface area contributed by atoms with E-state index in [1.807, 2.05) is 26.2 Å². The number of rotatable bonds is 2. The molecule has 0 spiro atoms. The van der Waals surface area contributed by atoms with Crippen LogP contribution in [0.15, 0.2) is 45.4 Å². The van der Waals surface area contributed by atoms with Gasteiger partial charge in [0.25, 0.3) is 0 Å². The van der Waals surface area contributed by atoms with Gasteiger partial charge in [-0.1, -0.05) is 53.0 Å². The second-order valence-corrected chi connectivity index (χ2v) is 5.68. The van der Waals surface area contributed by atoms with Gasteiger partial charge in [0, 0.05) is 30.7 Å². The van der Waals surface area contributed by atoms with Crippen LogP contribution < -0.4 is 4.90 Å². The van der Waals surface area contributed by atoms with Gasteiger partial charge in [-0.25, -0.2) is 0 Å². The Morgan fingerprint density at radius 3 is 2.56 bits per heavy atom. The molecule has 1 aromatic carbocycles. The molecule has 18 heavy (non-hydrogen) atoms. The summed E-state index contributed by atoms with van der Waals surface area (Å²) in [5.74, 6) is 0.0987. The molecule has 0 saturated carbocycles. The standard InChI is InChI=1S/C14H14Cl3N/c1-18(2)10-5-3-4-9(8-10)11-6-7-12(15)14(17)13(11)16/h3-5,7-8,11H,6H2,1-2H3. The highest BCUT2D eigenvalue weighted by atomic mass is 35.5. The van der Waals surface area contributed by atoms with Crippen LogP contribution in [0.2, 0.25) is 0 Å². The summed E-state index contributed by atoms with van der Waals surface area (Å²) in [7, 11) is 4.03. The minimum atomic E-state index is 0.0987. The Bertz CT molecular complexity index is 518. The number of hydrogen-bond donors (Lipinski definition) is 0. The Kier molecular flexibility index (Phi) is 4.26. The zero-order valence-electron chi connectivity index (χ0n) is 10.3. The van der Waals surface area contributed by atoms with E-state index in [9.17, 15) is 0 Å². The quantitative estimate of drug-likeness (QED) is 0.739. The summed E-state index contributed by atoms with van der Waals surface area (Å²) in [6.45, 7) is 0. The number of hydrogen-bond acceptors (Lipinski definition) is 1. The fourth-order valence-electron chi connectivity index (χ4n) is 1.98. The number of benzene rings is 1. The molecule has 1 aliphatic rings. The molecule has 1 aromatic rings. The van der Waals surface area contributed by atoms with Crippen molar-refractivity contribution in [2.75, 3.05) is 19.0 Å². The largest absolute Gasteiger partial charge is 0.378 e. The first-order chi connectivity index (χ1) is 8.50. The molecule has 1 atom stereocenters.